The van der Waals surface area contributed by atoms with Gasteiger partial charge in [0.15, 0.2) is 5.82 Å². The zero-order chi connectivity index (χ0) is 13.5. The van der Waals surface area contributed by atoms with Gasteiger partial charge in [-0.15, -0.1) is 10.2 Å². The summed E-state index contributed by atoms with van der Waals surface area (Å²) in [5.74, 6) is 2.67. The Morgan fingerprint density at radius 3 is 2.90 bits per heavy atom. The number of aromatic nitrogens is 4. The summed E-state index contributed by atoms with van der Waals surface area (Å²) in [6.45, 7) is 0. The first-order valence-corrected chi connectivity index (χ1v) is 7.35. The van der Waals surface area contributed by atoms with E-state index in [9.17, 15) is 0 Å². The summed E-state index contributed by atoms with van der Waals surface area (Å²) in [5.41, 5.74) is 2.11. The summed E-state index contributed by atoms with van der Waals surface area (Å²) in [5, 5.41) is 11.7. The van der Waals surface area contributed by atoms with Crippen LogP contribution in [0.25, 0.3) is 11.4 Å². The van der Waals surface area contributed by atoms with Gasteiger partial charge in [-0.1, -0.05) is 6.42 Å². The molecule has 5 nitrogen and oxygen atoms in total. The van der Waals surface area contributed by atoms with Gasteiger partial charge >= 0.3 is 0 Å². The van der Waals surface area contributed by atoms with E-state index < -0.39 is 0 Å². The smallest absolute Gasteiger partial charge is 0.165 e. The third kappa shape index (κ3) is 1.97. The fraction of sp³-hybridized carbons (Fsp3) is 0.533. The molecule has 104 valence electrons. The maximum absolute atomic E-state index is 4.34. The van der Waals surface area contributed by atoms with Crippen molar-refractivity contribution in [3.05, 3.63) is 24.8 Å². The predicted octanol–water partition coefficient (Wildman–Crippen LogP) is 2.48. The minimum atomic E-state index is 0.630. The van der Waals surface area contributed by atoms with Crippen molar-refractivity contribution >= 4 is 5.69 Å². The van der Waals surface area contributed by atoms with Crippen molar-refractivity contribution in [2.24, 2.45) is 18.9 Å². The van der Waals surface area contributed by atoms with Crippen LogP contribution in [-0.2, 0) is 7.05 Å². The van der Waals surface area contributed by atoms with Gasteiger partial charge in [-0.25, -0.2) is 0 Å². The Kier molecular flexibility index (Phi) is 2.72. The predicted molar refractivity (Wildman–Crippen MR) is 77.1 cm³/mol. The minimum Gasteiger partial charge on any atom is -0.381 e. The highest BCUT2D eigenvalue weighted by atomic mass is 15.2. The van der Waals surface area contributed by atoms with Crippen LogP contribution < -0.4 is 5.32 Å². The molecule has 2 aromatic rings. The number of hydrogen-bond acceptors (Lipinski definition) is 4. The Bertz CT molecular complexity index is 620. The lowest BCUT2D eigenvalue weighted by Gasteiger charge is -2.24. The molecule has 4 rings (SSSR count). The third-order valence-electron chi connectivity index (χ3n) is 4.80. The number of pyridine rings is 1. The molecule has 2 fully saturated rings. The first-order valence-electron chi connectivity index (χ1n) is 7.35. The molecule has 0 radical (unpaired) electrons. The van der Waals surface area contributed by atoms with Gasteiger partial charge in [0.05, 0.1) is 5.69 Å². The molecule has 0 aromatic carbocycles. The zero-order valence-electron chi connectivity index (χ0n) is 11.7. The highest BCUT2D eigenvalue weighted by Gasteiger charge is 2.39. The standard InChI is InChI=1S/C15H19N5/c1-20-9-17-19-15(20)12-6-13(8-16-7-12)18-14-5-10-2-3-11(14)4-10/h6-11,14,18H,2-5H2,1H3/t10-,11-,14+/m0/s1. The van der Waals surface area contributed by atoms with Crippen LogP contribution in [0.1, 0.15) is 25.7 Å². The first kappa shape index (κ1) is 11.9. The van der Waals surface area contributed by atoms with E-state index >= 15 is 0 Å². The van der Waals surface area contributed by atoms with Crippen LogP contribution in [0.2, 0.25) is 0 Å². The van der Waals surface area contributed by atoms with Gasteiger partial charge in [0.1, 0.15) is 6.33 Å². The molecule has 2 heterocycles. The molecule has 1 N–H and O–H groups in total. The van der Waals surface area contributed by atoms with Crippen molar-refractivity contribution in [3.63, 3.8) is 0 Å². The second-order valence-electron chi connectivity index (χ2n) is 6.15. The maximum Gasteiger partial charge on any atom is 0.165 e. The number of nitrogens with one attached hydrogen (secondary N) is 1. The number of anilines is 1. The van der Waals surface area contributed by atoms with Crippen LogP contribution in [0, 0.1) is 11.8 Å². The van der Waals surface area contributed by atoms with Gasteiger partial charge in [0.25, 0.3) is 0 Å². The van der Waals surface area contributed by atoms with Crippen molar-refractivity contribution in [1.82, 2.24) is 19.7 Å². The van der Waals surface area contributed by atoms with Gasteiger partial charge in [-0.05, 0) is 37.2 Å². The molecule has 0 aliphatic heterocycles. The van der Waals surface area contributed by atoms with Crippen molar-refractivity contribution in [3.8, 4) is 11.4 Å². The molecule has 2 bridgehead atoms. The summed E-state index contributed by atoms with van der Waals surface area (Å²) in [4.78, 5) is 4.34. The molecule has 20 heavy (non-hydrogen) atoms. The second kappa shape index (κ2) is 4.58. The lowest BCUT2D eigenvalue weighted by Crippen LogP contribution is -2.25. The average Bonchev–Trinajstić information content (AvgIpc) is 3.15. The van der Waals surface area contributed by atoms with Crippen LogP contribution in [0.3, 0.4) is 0 Å². The van der Waals surface area contributed by atoms with Crippen molar-refractivity contribution in [2.75, 3.05) is 5.32 Å². The summed E-state index contributed by atoms with van der Waals surface area (Å²) in [6.07, 6.45) is 11.0. The monoisotopic (exact) mass is 269 g/mol. The maximum atomic E-state index is 4.34. The zero-order valence-corrected chi connectivity index (χ0v) is 11.7. The SMILES string of the molecule is Cn1cnnc1-c1cncc(N[C@@H]2C[C@H]3CC[C@H]2C3)c1. The fourth-order valence-electron chi connectivity index (χ4n) is 3.82. The Morgan fingerprint density at radius 1 is 1.25 bits per heavy atom. The normalized spacial score (nSPS) is 27.9. The van der Waals surface area contributed by atoms with E-state index in [1.807, 2.05) is 24.0 Å². The molecule has 0 amide bonds. The summed E-state index contributed by atoms with van der Waals surface area (Å²) < 4.78 is 1.92. The highest BCUT2D eigenvalue weighted by molar-refractivity contribution is 5.60. The van der Waals surface area contributed by atoms with Gasteiger partial charge in [0.2, 0.25) is 0 Å². The van der Waals surface area contributed by atoms with Crippen LogP contribution in [0.5, 0.6) is 0 Å². The first-order chi connectivity index (χ1) is 9.79. The van der Waals surface area contributed by atoms with E-state index in [0.29, 0.717) is 6.04 Å². The average molecular weight is 269 g/mol. The second-order valence-corrected chi connectivity index (χ2v) is 6.15. The quantitative estimate of drug-likeness (QED) is 0.930. The van der Waals surface area contributed by atoms with Crippen LogP contribution in [0.4, 0.5) is 5.69 Å². The van der Waals surface area contributed by atoms with Crippen LogP contribution in [0.15, 0.2) is 24.8 Å². The lowest BCUT2D eigenvalue weighted by molar-refractivity contribution is 0.439. The lowest BCUT2D eigenvalue weighted by atomic mass is 9.95. The molecule has 2 saturated carbocycles. The number of fused-ring (bicyclic) bond motifs is 2. The molecule has 2 aliphatic rings. The van der Waals surface area contributed by atoms with Crippen molar-refractivity contribution < 1.29 is 0 Å². The fourth-order valence-corrected chi connectivity index (χ4v) is 3.82. The van der Waals surface area contributed by atoms with E-state index in [1.165, 1.54) is 25.7 Å². The van der Waals surface area contributed by atoms with Gasteiger partial charge in [-0.2, -0.15) is 0 Å². The number of hydrogen-bond donors (Lipinski definition) is 1. The Hall–Kier alpha value is -1.91. The Labute approximate surface area is 118 Å². The van der Waals surface area contributed by atoms with Gasteiger partial charge < -0.3 is 9.88 Å². The molecule has 3 atom stereocenters. The van der Waals surface area contributed by atoms with Gasteiger partial charge in [0, 0.05) is 31.0 Å². The summed E-state index contributed by atoms with van der Waals surface area (Å²) >= 11 is 0. The molecule has 5 heteroatoms. The van der Waals surface area contributed by atoms with Gasteiger partial charge in [-0.3, -0.25) is 4.98 Å². The van der Waals surface area contributed by atoms with E-state index in [0.717, 1.165) is 28.9 Å². The third-order valence-corrected chi connectivity index (χ3v) is 4.80. The van der Waals surface area contributed by atoms with Crippen LogP contribution in [-0.4, -0.2) is 25.8 Å². The van der Waals surface area contributed by atoms with E-state index in [1.54, 1.807) is 6.33 Å². The summed E-state index contributed by atoms with van der Waals surface area (Å²) in [6, 6.07) is 2.76. The highest BCUT2D eigenvalue weighted by Crippen LogP contribution is 2.45. The van der Waals surface area contributed by atoms with E-state index in [2.05, 4.69) is 26.6 Å². The van der Waals surface area contributed by atoms with E-state index in [4.69, 9.17) is 0 Å². The Morgan fingerprint density at radius 2 is 2.20 bits per heavy atom. The molecular formula is C15H19N5. The number of rotatable bonds is 3. The van der Waals surface area contributed by atoms with Crippen molar-refractivity contribution in [2.45, 2.75) is 31.7 Å². The number of nitrogens with zero attached hydrogens (tertiary/aromatic N) is 4. The van der Waals surface area contributed by atoms with Crippen LogP contribution >= 0.6 is 0 Å². The molecule has 0 saturated heterocycles. The molecular weight excluding hydrogens is 250 g/mol. The largest absolute Gasteiger partial charge is 0.381 e. The molecule has 2 aromatic heterocycles. The van der Waals surface area contributed by atoms with Crippen molar-refractivity contribution in [1.29, 1.82) is 0 Å². The minimum absolute atomic E-state index is 0.630. The molecule has 2 aliphatic carbocycles. The topological polar surface area (TPSA) is 55.6 Å². The summed E-state index contributed by atoms with van der Waals surface area (Å²) in [7, 11) is 1.95. The number of aryl methyl sites for hydroxylation is 1. The van der Waals surface area contributed by atoms with E-state index in [-0.39, 0.29) is 0 Å². The Balaban J connectivity index is 1.56. The molecule has 0 unspecified atom stereocenters. The molecule has 0 spiro atoms.